The minimum Gasteiger partial charge on any atom is -0.454 e. The fourth-order valence-electron chi connectivity index (χ4n) is 4.33. The van der Waals surface area contributed by atoms with E-state index in [1.165, 1.54) is 11.1 Å². The molecular weight excluding hydrogens is 450 g/mol. The lowest BCUT2D eigenvalue weighted by atomic mass is 10.1. The molecule has 0 saturated carbocycles. The van der Waals surface area contributed by atoms with Crippen LogP contribution in [0.25, 0.3) is 16.3 Å². The molecule has 34 heavy (non-hydrogen) atoms. The highest BCUT2D eigenvalue weighted by molar-refractivity contribution is 7.22. The summed E-state index contributed by atoms with van der Waals surface area (Å²) in [5.41, 5.74) is 4.20. The smallest absolute Gasteiger partial charge is 0.252 e. The summed E-state index contributed by atoms with van der Waals surface area (Å²) in [6, 6.07) is 9.92. The number of thiazole rings is 1. The van der Waals surface area contributed by atoms with Gasteiger partial charge < -0.3 is 14.2 Å². The summed E-state index contributed by atoms with van der Waals surface area (Å²) in [5, 5.41) is 0.742. The molecule has 0 N–H and O–H groups in total. The van der Waals surface area contributed by atoms with E-state index >= 15 is 0 Å². The summed E-state index contributed by atoms with van der Waals surface area (Å²) in [6.07, 6.45) is 4.32. The number of morpholine rings is 1. The van der Waals surface area contributed by atoms with E-state index in [9.17, 15) is 4.79 Å². The first kappa shape index (κ1) is 22.8. The molecule has 178 valence electrons. The topological polar surface area (TPSA) is 64.1 Å². The van der Waals surface area contributed by atoms with Crippen molar-refractivity contribution in [3.8, 4) is 11.5 Å². The first-order chi connectivity index (χ1) is 16.6. The molecule has 1 amide bonds. The number of fused-ring (bicyclic) bond motifs is 2. The largest absolute Gasteiger partial charge is 0.454 e. The zero-order chi connectivity index (χ0) is 23.5. The van der Waals surface area contributed by atoms with Crippen LogP contribution in [0.3, 0.4) is 0 Å². The Balaban J connectivity index is 1.36. The van der Waals surface area contributed by atoms with Crippen LogP contribution >= 0.6 is 11.3 Å². The lowest BCUT2D eigenvalue weighted by Gasteiger charge is -2.27. The Morgan fingerprint density at radius 3 is 2.82 bits per heavy atom. The fourth-order valence-corrected chi connectivity index (χ4v) is 5.38. The van der Waals surface area contributed by atoms with Gasteiger partial charge in [0.05, 0.1) is 23.4 Å². The molecule has 1 aromatic heterocycles. The Morgan fingerprint density at radius 2 is 1.97 bits per heavy atom. The van der Waals surface area contributed by atoms with Gasteiger partial charge in [0.25, 0.3) is 5.91 Å². The summed E-state index contributed by atoms with van der Waals surface area (Å²) < 4.78 is 17.4. The molecule has 8 heteroatoms. The lowest BCUT2D eigenvalue weighted by molar-refractivity contribution is -0.114. The Labute approximate surface area is 203 Å². The number of hydrogen-bond donors (Lipinski definition) is 0. The summed E-state index contributed by atoms with van der Waals surface area (Å²) >= 11 is 1.58. The van der Waals surface area contributed by atoms with Crippen molar-refractivity contribution in [3.63, 3.8) is 0 Å². The molecule has 0 spiro atoms. The van der Waals surface area contributed by atoms with Gasteiger partial charge in [-0.3, -0.25) is 14.6 Å². The number of ether oxygens (including phenoxy) is 3. The van der Waals surface area contributed by atoms with Crippen molar-refractivity contribution in [2.75, 3.05) is 51.1 Å². The van der Waals surface area contributed by atoms with Gasteiger partial charge in [0.1, 0.15) is 0 Å². The summed E-state index contributed by atoms with van der Waals surface area (Å²) in [6.45, 7) is 9.38. The summed E-state index contributed by atoms with van der Waals surface area (Å²) in [5.74, 6) is 1.36. The number of rotatable bonds is 7. The van der Waals surface area contributed by atoms with E-state index in [0.717, 1.165) is 65.9 Å². The number of aryl methyl sites for hydroxylation is 2. The molecule has 1 saturated heterocycles. The third-order valence-corrected chi connectivity index (χ3v) is 7.31. The van der Waals surface area contributed by atoms with Crippen molar-refractivity contribution in [3.05, 3.63) is 53.1 Å². The number of aromatic nitrogens is 1. The van der Waals surface area contributed by atoms with Crippen molar-refractivity contribution in [2.45, 2.75) is 20.3 Å². The summed E-state index contributed by atoms with van der Waals surface area (Å²) in [4.78, 5) is 22.4. The minimum absolute atomic E-state index is 0.0759. The minimum atomic E-state index is -0.0759. The molecule has 0 aliphatic carbocycles. The Bertz CT molecular complexity index is 1220. The molecule has 5 rings (SSSR count). The van der Waals surface area contributed by atoms with Crippen molar-refractivity contribution < 1.29 is 19.0 Å². The van der Waals surface area contributed by atoms with Gasteiger partial charge in [0.2, 0.25) is 6.79 Å². The molecule has 3 heterocycles. The van der Waals surface area contributed by atoms with Gasteiger partial charge in [-0.15, -0.1) is 0 Å². The average Bonchev–Trinajstić information content (AvgIpc) is 3.47. The number of anilines is 1. The number of hydrogen-bond acceptors (Lipinski definition) is 7. The van der Waals surface area contributed by atoms with E-state index in [4.69, 9.17) is 19.2 Å². The molecule has 0 unspecified atom stereocenters. The predicted molar refractivity (Wildman–Crippen MR) is 135 cm³/mol. The molecule has 2 aromatic carbocycles. The number of benzene rings is 2. The molecule has 2 aliphatic rings. The van der Waals surface area contributed by atoms with Gasteiger partial charge in [-0.25, -0.2) is 4.98 Å². The quantitative estimate of drug-likeness (QED) is 0.468. The highest BCUT2D eigenvalue weighted by Gasteiger charge is 2.20. The van der Waals surface area contributed by atoms with E-state index in [2.05, 4.69) is 30.9 Å². The van der Waals surface area contributed by atoms with E-state index in [-0.39, 0.29) is 12.7 Å². The second-order valence-corrected chi connectivity index (χ2v) is 9.65. The van der Waals surface area contributed by atoms with E-state index in [1.54, 1.807) is 17.4 Å². The second kappa shape index (κ2) is 10.1. The maximum atomic E-state index is 13.4. The van der Waals surface area contributed by atoms with Crippen molar-refractivity contribution in [2.24, 2.45) is 0 Å². The first-order valence-electron chi connectivity index (χ1n) is 11.6. The van der Waals surface area contributed by atoms with E-state index in [0.29, 0.717) is 12.3 Å². The molecule has 0 atom stereocenters. The number of amides is 1. The number of nitrogens with zero attached hydrogens (tertiary/aromatic N) is 3. The van der Waals surface area contributed by atoms with Crippen LogP contribution in [-0.2, 0) is 9.53 Å². The third kappa shape index (κ3) is 5.09. The molecule has 7 nitrogen and oxygen atoms in total. The van der Waals surface area contributed by atoms with Gasteiger partial charge in [-0.2, -0.15) is 0 Å². The molecule has 0 radical (unpaired) electrons. The highest BCUT2D eigenvalue weighted by atomic mass is 32.1. The molecule has 2 aliphatic heterocycles. The second-order valence-electron chi connectivity index (χ2n) is 8.67. The maximum absolute atomic E-state index is 13.4. The van der Waals surface area contributed by atoms with Crippen molar-refractivity contribution >= 4 is 38.7 Å². The van der Waals surface area contributed by atoms with Crippen LogP contribution in [0.1, 0.15) is 23.1 Å². The molecular formula is C26H29N3O4S. The van der Waals surface area contributed by atoms with Crippen LogP contribution in [0, 0.1) is 13.8 Å². The van der Waals surface area contributed by atoms with Crippen LogP contribution < -0.4 is 14.4 Å². The van der Waals surface area contributed by atoms with Gasteiger partial charge in [-0.1, -0.05) is 23.5 Å². The van der Waals surface area contributed by atoms with E-state index < -0.39 is 0 Å². The monoisotopic (exact) mass is 479 g/mol. The fraction of sp³-hybridized carbons (Fsp3) is 0.385. The van der Waals surface area contributed by atoms with E-state index in [1.807, 2.05) is 29.2 Å². The SMILES string of the molecule is Cc1cc(C)c2sc(N(CCCN3CCOCC3)C(=O)/C=C/c3ccc4c(c3)OCO4)nc2c1. The van der Waals surface area contributed by atoms with Crippen molar-refractivity contribution in [1.82, 2.24) is 9.88 Å². The summed E-state index contributed by atoms with van der Waals surface area (Å²) in [7, 11) is 0. The maximum Gasteiger partial charge on any atom is 0.252 e. The zero-order valence-electron chi connectivity index (χ0n) is 19.6. The number of carbonyl (C=O) groups is 1. The average molecular weight is 480 g/mol. The first-order valence-corrected chi connectivity index (χ1v) is 12.5. The number of carbonyl (C=O) groups excluding carboxylic acids is 1. The Morgan fingerprint density at radius 1 is 1.15 bits per heavy atom. The lowest BCUT2D eigenvalue weighted by Crippen LogP contribution is -2.39. The van der Waals surface area contributed by atoms with Gasteiger partial charge in [0.15, 0.2) is 16.6 Å². The van der Waals surface area contributed by atoms with Crippen LogP contribution in [0.2, 0.25) is 0 Å². The standard InChI is InChI=1S/C26H29N3O4S/c1-18-14-19(2)25-21(15-18)27-26(34-25)29(9-3-8-28-10-12-31-13-11-28)24(30)7-5-20-4-6-22-23(16-20)33-17-32-22/h4-7,14-16H,3,8-13,17H2,1-2H3/b7-5+. The van der Waals surface area contributed by atoms with Gasteiger partial charge >= 0.3 is 0 Å². The Kier molecular flexibility index (Phi) is 6.80. The molecule has 0 bridgehead atoms. The van der Waals surface area contributed by atoms with Crippen LogP contribution in [0.5, 0.6) is 11.5 Å². The van der Waals surface area contributed by atoms with Crippen molar-refractivity contribution in [1.29, 1.82) is 0 Å². The van der Waals surface area contributed by atoms with Crippen LogP contribution in [-0.4, -0.2) is 62.0 Å². The Hall–Kier alpha value is -2.94. The highest BCUT2D eigenvalue weighted by Crippen LogP contribution is 2.34. The molecule has 3 aromatic rings. The normalized spacial score (nSPS) is 15.9. The van der Waals surface area contributed by atoms with Gasteiger partial charge in [0, 0.05) is 32.3 Å². The third-order valence-electron chi connectivity index (χ3n) is 6.08. The van der Waals surface area contributed by atoms with Crippen LogP contribution in [0.4, 0.5) is 5.13 Å². The van der Waals surface area contributed by atoms with Gasteiger partial charge in [-0.05, 0) is 61.2 Å². The predicted octanol–water partition coefficient (Wildman–Crippen LogP) is 4.41. The van der Waals surface area contributed by atoms with Crippen LogP contribution in [0.15, 0.2) is 36.4 Å². The zero-order valence-corrected chi connectivity index (χ0v) is 20.4. The molecule has 1 fully saturated rings.